The van der Waals surface area contributed by atoms with Crippen molar-refractivity contribution >= 4 is 34.7 Å². The van der Waals surface area contributed by atoms with Crippen LogP contribution in [0.3, 0.4) is 0 Å². The molecule has 4 amide bonds. The van der Waals surface area contributed by atoms with Crippen molar-refractivity contribution in [3.63, 3.8) is 0 Å². The Morgan fingerprint density at radius 3 is 2.59 bits per heavy atom. The summed E-state index contributed by atoms with van der Waals surface area (Å²) in [5.74, 6) is -1.23. The molecule has 1 N–H and O–H groups in total. The molecule has 41 heavy (non-hydrogen) atoms. The molecule has 218 valence electrons. The van der Waals surface area contributed by atoms with Gasteiger partial charge >= 0.3 is 6.09 Å². The van der Waals surface area contributed by atoms with Gasteiger partial charge in [-0.2, -0.15) is 5.26 Å². The van der Waals surface area contributed by atoms with Crippen LogP contribution in [0.5, 0.6) is 5.75 Å². The van der Waals surface area contributed by atoms with Crippen LogP contribution in [-0.4, -0.2) is 108 Å². The zero-order chi connectivity index (χ0) is 29.4. The average molecular weight is 569 g/mol. The molecule has 13 heteroatoms. The third-order valence-corrected chi connectivity index (χ3v) is 7.00. The second kappa shape index (κ2) is 13.7. The smallest absolute Gasteiger partial charge is 0.409 e. The van der Waals surface area contributed by atoms with Gasteiger partial charge in [-0.3, -0.25) is 14.4 Å². The van der Waals surface area contributed by atoms with Crippen molar-refractivity contribution < 1.29 is 33.0 Å². The number of benzene rings is 1. The van der Waals surface area contributed by atoms with Crippen molar-refractivity contribution in [1.82, 2.24) is 25.0 Å². The number of unbranched alkanes of at least 4 members (excludes halogenated alkanes) is 1. The van der Waals surface area contributed by atoms with Crippen LogP contribution < -0.4 is 10.1 Å². The number of halogens is 1. The number of carbonyl (C=O) groups excluding carboxylic acids is 4. The topological polar surface area (TPSA) is 145 Å². The molecule has 1 aromatic heterocycles. The molecular weight excluding hydrogens is 535 g/mol. The molecule has 0 aliphatic carbocycles. The Bertz CT molecular complexity index is 1320. The Morgan fingerprint density at radius 1 is 1.12 bits per heavy atom. The van der Waals surface area contributed by atoms with Crippen LogP contribution in [0.15, 0.2) is 30.3 Å². The van der Waals surface area contributed by atoms with E-state index < -0.39 is 36.7 Å². The number of hydrogen-bond donors (Lipinski definition) is 1. The van der Waals surface area contributed by atoms with Crippen molar-refractivity contribution in [2.75, 3.05) is 52.5 Å². The zero-order valence-corrected chi connectivity index (χ0v) is 22.9. The van der Waals surface area contributed by atoms with E-state index in [9.17, 15) is 28.8 Å². The summed E-state index contributed by atoms with van der Waals surface area (Å²) >= 11 is 0. The lowest BCUT2D eigenvalue weighted by Gasteiger charge is -2.34. The highest BCUT2D eigenvalue weighted by Gasteiger charge is 2.35. The summed E-state index contributed by atoms with van der Waals surface area (Å²) < 4.78 is 24.7. The van der Waals surface area contributed by atoms with Gasteiger partial charge in [-0.15, -0.1) is 0 Å². The quantitative estimate of drug-likeness (QED) is 0.452. The number of alkyl halides is 1. The lowest BCUT2D eigenvalue weighted by atomic mass is 10.1. The Hall–Kier alpha value is -4.47. The lowest BCUT2D eigenvalue weighted by Crippen LogP contribution is -2.52. The van der Waals surface area contributed by atoms with E-state index in [1.165, 1.54) is 6.07 Å². The van der Waals surface area contributed by atoms with Gasteiger partial charge in [0.15, 0.2) is 6.61 Å². The Balaban J connectivity index is 1.34. The molecule has 2 saturated heterocycles. The largest absolute Gasteiger partial charge is 0.483 e. The molecule has 2 fully saturated rings. The number of amides is 4. The highest BCUT2D eigenvalue weighted by atomic mass is 19.1. The third kappa shape index (κ3) is 7.39. The molecule has 0 spiro atoms. The van der Waals surface area contributed by atoms with Crippen LogP contribution >= 0.6 is 0 Å². The zero-order valence-electron chi connectivity index (χ0n) is 22.9. The maximum absolute atomic E-state index is 13.7. The van der Waals surface area contributed by atoms with Crippen LogP contribution in [0, 0.1) is 11.3 Å². The molecule has 2 aliphatic rings. The number of aromatic nitrogens is 1. The van der Waals surface area contributed by atoms with E-state index in [0.29, 0.717) is 43.7 Å². The molecule has 2 aliphatic heterocycles. The third-order valence-electron chi connectivity index (χ3n) is 7.00. The number of carbonyl (C=O) groups is 4. The second-order valence-electron chi connectivity index (χ2n) is 9.85. The Morgan fingerprint density at radius 2 is 1.85 bits per heavy atom. The van der Waals surface area contributed by atoms with Gasteiger partial charge in [0.25, 0.3) is 11.8 Å². The number of piperazine rings is 1. The van der Waals surface area contributed by atoms with Crippen LogP contribution in [-0.2, 0) is 14.3 Å². The molecular formula is C28H33FN6O6. The average Bonchev–Trinajstić information content (AvgIpc) is 3.39. The summed E-state index contributed by atoms with van der Waals surface area (Å²) in [6.07, 6.45) is 0.0282. The number of nitrogens with zero attached hydrogens (tertiary/aromatic N) is 5. The van der Waals surface area contributed by atoms with E-state index >= 15 is 0 Å². The summed E-state index contributed by atoms with van der Waals surface area (Å²) in [5.41, 5.74) is 0.425. The maximum atomic E-state index is 13.7. The first-order valence-electron chi connectivity index (χ1n) is 13.6. The van der Waals surface area contributed by atoms with Crippen molar-refractivity contribution in [3.05, 3.63) is 36.0 Å². The molecule has 0 unspecified atom stereocenters. The van der Waals surface area contributed by atoms with Crippen molar-refractivity contribution in [2.45, 2.75) is 38.4 Å². The molecule has 0 radical (unpaired) electrons. The molecule has 0 bridgehead atoms. The van der Waals surface area contributed by atoms with Crippen LogP contribution in [0.2, 0.25) is 0 Å². The lowest BCUT2D eigenvalue weighted by molar-refractivity contribution is -0.133. The predicted molar refractivity (Wildman–Crippen MR) is 145 cm³/mol. The number of rotatable bonds is 9. The minimum atomic E-state index is -1.26. The minimum absolute atomic E-state index is 0.0153. The fourth-order valence-corrected chi connectivity index (χ4v) is 4.68. The fourth-order valence-electron chi connectivity index (χ4n) is 4.68. The number of ether oxygens (including phenoxy) is 2. The number of likely N-dealkylation sites (tertiary alicyclic amines) is 1. The van der Waals surface area contributed by atoms with E-state index in [4.69, 9.17) is 9.47 Å². The van der Waals surface area contributed by atoms with Gasteiger partial charge in [0.1, 0.15) is 23.7 Å². The molecule has 0 saturated carbocycles. The molecule has 2 atom stereocenters. The van der Waals surface area contributed by atoms with Gasteiger partial charge in [-0.25, -0.2) is 14.2 Å². The van der Waals surface area contributed by atoms with Gasteiger partial charge in [0.05, 0.1) is 31.3 Å². The fraction of sp³-hybridized carbons (Fsp3) is 0.500. The van der Waals surface area contributed by atoms with Gasteiger partial charge in [0, 0.05) is 44.1 Å². The first-order chi connectivity index (χ1) is 19.8. The minimum Gasteiger partial charge on any atom is -0.483 e. The summed E-state index contributed by atoms with van der Waals surface area (Å²) in [7, 11) is 0. The summed E-state index contributed by atoms with van der Waals surface area (Å²) in [4.78, 5) is 59.1. The standard InChI is InChI=1S/C28H33FN6O6/c1-2-3-12-40-28(39)34-10-8-33(9-11-34)25(36)16-31-27(38)23-14-24(21-6-4-5-7-22(21)32-23)41-18-26(37)35-17-19(29)13-20(35)15-30/h4-7,14,19-20H,2-3,8-13,16-18H2,1H3,(H,31,38)/t19-,20-/m0/s1. The highest BCUT2D eigenvalue weighted by Crippen LogP contribution is 2.26. The first-order valence-corrected chi connectivity index (χ1v) is 13.6. The molecule has 2 aromatic rings. The monoisotopic (exact) mass is 568 g/mol. The van der Waals surface area contributed by atoms with Gasteiger partial charge in [-0.05, 0) is 18.6 Å². The van der Waals surface area contributed by atoms with Crippen LogP contribution in [0.4, 0.5) is 9.18 Å². The summed E-state index contributed by atoms with van der Waals surface area (Å²) in [5, 5.41) is 12.4. The second-order valence-corrected chi connectivity index (χ2v) is 9.85. The number of pyridine rings is 1. The van der Waals surface area contributed by atoms with E-state index in [1.54, 1.807) is 34.1 Å². The SMILES string of the molecule is CCCCOC(=O)N1CCN(C(=O)CNC(=O)c2cc(OCC(=O)N3C[C@@H](F)C[C@H]3C#N)c3ccccc3n2)CC1. The van der Waals surface area contributed by atoms with E-state index in [0.717, 1.165) is 17.7 Å². The van der Waals surface area contributed by atoms with Gasteiger partial charge in [-0.1, -0.05) is 25.5 Å². The van der Waals surface area contributed by atoms with Crippen molar-refractivity contribution in [3.8, 4) is 11.8 Å². The number of fused-ring (bicyclic) bond motifs is 1. The molecule has 1 aromatic carbocycles. The van der Waals surface area contributed by atoms with Crippen molar-refractivity contribution in [1.29, 1.82) is 5.26 Å². The Labute approximate surface area is 237 Å². The maximum Gasteiger partial charge on any atom is 0.409 e. The number of nitrogens with one attached hydrogen (secondary N) is 1. The van der Waals surface area contributed by atoms with Crippen LogP contribution in [0.25, 0.3) is 10.9 Å². The van der Waals surface area contributed by atoms with Gasteiger partial charge < -0.3 is 29.5 Å². The molecule has 4 rings (SSSR count). The van der Waals surface area contributed by atoms with Crippen molar-refractivity contribution in [2.24, 2.45) is 0 Å². The van der Waals surface area contributed by atoms with Gasteiger partial charge in [0.2, 0.25) is 5.91 Å². The summed E-state index contributed by atoms with van der Waals surface area (Å²) in [6, 6.07) is 9.34. The van der Waals surface area contributed by atoms with E-state index in [-0.39, 0.29) is 36.9 Å². The highest BCUT2D eigenvalue weighted by molar-refractivity contribution is 5.98. The van der Waals surface area contributed by atoms with E-state index in [1.807, 2.05) is 13.0 Å². The van der Waals surface area contributed by atoms with E-state index in [2.05, 4.69) is 10.3 Å². The molecule has 3 heterocycles. The normalized spacial score (nSPS) is 18.6. The number of para-hydroxylation sites is 1. The van der Waals surface area contributed by atoms with Crippen LogP contribution in [0.1, 0.15) is 36.7 Å². The predicted octanol–water partition coefficient (Wildman–Crippen LogP) is 1.89. The first kappa shape index (κ1) is 29.5. The Kier molecular flexibility index (Phi) is 9.89. The number of nitriles is 1. The number of hydrogen-bond acceptors (Lipinski definition) is 8. The molecule has 12 nitrogen and oxygen atoms in total. The summed E-state index contributed by atoms with van der Waals surface area (Å²) in [6.45, 7) is 2.82.